The minimum absolute atomic E-state index is 0.120. The number of imidazole rings is 1. The average Bonchev–Trinajstić information content (AvgIpc) is 3.29. The van der Waals surface area contributed by atoms with Gasteiger partial charge in [-0.2, -0.15) is 5.10 Å². The topological polar surface area (TPSA) is 69.2 Å². The molecule has 4 aromatic rings. The molecule has 1 N–H and O–H groups in total. The molecule has 1 aliphatic heterocycles. The minimum Gasteiger partial charge on any atom is -0.316 e. The van der Waals surface area contributed by atoms with E-state index in [0.29, 0.717) is 6.54 Å². The van der Waals surface area contributed by atoms with Crippen LogP contribution in [0.4, 0.5) is 0 Å². The first-order valence-corrected chi connectivity index (χ1v) is 10.1. The number of hydrogen-bond acceptors (Lipinski definition) is 4. The second-order valence-corrected chi connectivity index (χ2v) is 7.72. The molecule has 0 amide bonds. The Morgan fingerprint density at radius 2 is 2.00 bits per heavy atom. The summed E-state index contributed by atoms with van der Waals surface area (Å²) >= 11 is 0. The summed E-state index contributed by atoms with van der Waals surface area (Å²) < 4.78 is 5.30. The normalized spacial score (nSPS) is 17.1. The van der Waals surface area contributed by atoms with Crippen molar-refractivity contribution in [2.75, 3.05) is 13.1 Å². The van der Waals surface area contributed by atoms with Crippen LogP contribution in [0.25, 0.3) is 11.3 Å². The fourth-order valence-electron chi connectivity index (χ4n) is 4.07. The van der Waals surface area contributed by atoms with Crippen LogP contribution in [-0.4, -0.2) is 36.8 Å². The molecule has 0 radical (unpaired) electrons. The van der Waals surface area contributed by atoms with Crippen molar-refractivity contribution in [3.8, 4) is 5.69 Å². The third-order valence-corrected chi connectivity index (χ3v) is 5.50. The van der Waals surface area contributed by atoms with E-state index in [1.807, 2.05) is 59.3 Å². The molecule has 0 saturated carbocycles. The van der Waals surface area contributed by atoms with Gasteiger partial charge in [-0.3, -0.25) is 0 Å². The van der Waals surface area contributed by atoms with Gasteiger partial charge in [0.2, 0.25) is 0 Å². The van der Waals surface area contributed by atoms with Crippen LogP contribution in [0.5, 0.6) is 0 Å². The largest absolute Gasteiger partial charge is 0.350 e. The van der Waals surface area contributed by atoms with Gasteiger partial charge in [-0.1, -0.05) is 24.3 Å². The molecular formula is C22H24N6O. The van der Waals surface area contributed by atoms with Crippen LogP contribution in [0.1, 0.15) is 35.8 Å². The SMILES string of the molecule is Cc1ccc2nc(Cn3nc([C@H]4CCCNC4)n(-c4ccccc4)c3=O)cn2c1. The molecule has 148 valence electrons. The summed E-state index contributed by atoms with van der Waals surface area (Å²) in [5.74, 6) is 1.05. The van der Waals surface area contributed by atoms with E-state index in [1.54, 1.807) is 9.25 Å². The second kappa shape index (κ2) is 7.33. The Morgan fingerprint density at radius 1 is 1.14 bits per heavy atom. The third-order valence-electron chi connectivity index (χ3n) is 5.50. The summed E-state index contributed by atoms with van der Waals surface area (Å²) in [6.07, 6.45) is 6.13. The highest BCUT2D eigenvalue weighted by atomic mass is 16.2. The summed E-state index contributed by atoms with van der Waals surface area (Å²) in [4.78, 5) is 18.0. The van der Waals surface area contributed by atoms with E-state index in [0.717, 1.165) is 48.8 Å². The third kappa shape index (κ3) is 3.38. The highest BCUT2D eigenvalue weighted by Crippen LogP contribution is 2.23. The quantitative estimate of drug-likeness (QED) is 0.583. The Hall–Kier alpha value is -3.19. The molecule has 4 heterocycles. The molecular weight excluding hydrogens is 364 g/mol. The molecule has 1 aliphatic rings. The van der Waals surface area contributed by atoms with E-state index in [9.17, 15) is 4.79 Å². The molecule has 1 atom stereocenters. The monoisotopic (exact) mass is 388 g/mol. The Labute approximate surface area is 168 Å². The van der Waals surface area contributed by atoms with Gasteiger partial charge in [0.15, 0.2) is 0 Å². The number of rotatable bonds is 4. The molecule has 7 heteroatoms. The van der Waals surface area contributed by atoms with Gasteiger partial charge in [0.1, 0.15) is 11.5 Å². The van der Waals surface area contributed by atoms with Crippen LogP contribution in [0.2, 0.25) is 0 Å². The summed E-state index contributed by atoms with van der Waals surface area (Å²) in [6, 6.07) is 13.8. The molecule has 7 nitrogen and oxygen atoms in total. The number of aryl methyl sites for hydroxylation is 1. The van der Waals surface area contributed by atoms with E-state index in [-0.39, 0.29) is 11.6 Å². The van der Waals surface area contributed by atoms with Gasteiger partial charge in [0, 0.05) is 24.9 Å². The van der Waals surface area contributed by atoms with Crippen molar-refractivity contribution in [3.63, 3.8) is 0 Å². The highest BCUT2D eigenvalue weighted by Gasteiger charge is 2.25. The summed E-state index contributed by atoms with van der Waals surface area (Å²) in [6.45, 7) is 4.27. The van der Waals surface area contributed by atoms with Gasteiger partial charge >= 0.3 is 5.69 Å². The van der Waals surface area contributed by atoms with Gasteiger partial charge in [-0.25, -0.2) is 19.0 Å². The van der Waals surface area contributed by atoms with Crippen molar-refractivity contribution < 1.29 is 0 Å². The fraction of sp³-hybridized carbons (Fsp3) is 0.318. The van der Waals surface area contributed by atoms with Crippen molar-refractivity contribution in [2.45, 2.75) is 32.2 Å². The Balaban J connectivity index is 1.57. The lowest BCUT2D eigenvalue weighted by atomic mass is 9.99. The minimum atomic E-state index is -0.120. The predicted octanol–water partition coefficient (Wildman–Crippen LogP) is 2.51. The molecule has 3 aromatic heterocycles. The fourth-order valence-corrected chi connectivity index (χ4v) is 4.07. The molecule has 0 aliphatic carbocycles. The zero-order valence-electron chi connectivity index (χ0n) is 16.5. The Morgan fingerprint density at radius 3 is 2.79 bits per heavy atom. The number of para-hydroxylation sites is 1. The smallest absolute Gasteiger partial charge is 0.316 e. The summed E-state index contributed by atoms with van der Waals surface area (Å²) in [7, 11) is 0. The van der Waals surface area contributed by atoms with E-state index >= 15 is 0 Å². The van der Waals surface area contributed by atoms with E-state index < -0.39 is 0 Å². The highest BCUT2D eigenvalue weighted by molar-refractivity contribution is 5.41. The van der Waals surface area contributed by atoms with Crippen LogP contribution >= 0.6 is 0 Å². The first-order chi connectivity index (χ1) is 14.2. The standard InChI is InChI=1S/C22H24N6O/c1-16-9-10-20-24-18(14-26(20)13-16)15-27-22(29)28(19-7-3-2-4-8-19)21(25-27)17-6-5-11-23-12-17/h2-4,7-10,13-14,17,23H,5-6,11-12,15H2,1H3/t17-/m0/s1. The summed E-state index contributed by atoms with van der Waals surface area (Å²) in [5, 5.41) is 8.20. The number of hydrogen-bond donors (Lipinski definition) is 1. The molecule has 0 unspecified atom stereocenters. The Bertz CT molecular complexity index is 1200. The lowest BCUT2D eigenvalue weighted by Gasteiger charge is -2.22. The second-order valence-electron chi connectivity index (χ2n) is 7.72. The van der Waals surface area contributed by atoms with Crippen LogP contribution in [0.15, 0.2) is 59.7 Å². The van der Waals surface area contributed by atoms with E-state index in [4.69, 9.17) is 5.10 Å². The average molecular weight is 388 g/mol. The number of benzene rings is 1. The Kier molecular flexibility index (Phi) is 4.52. The number of fused-ring (bicyclic) bond motifs is 1. The van der Waals surface area contributed by atoms with Crippen LogP contribution < -0.4 is 11.0 Å². The first-order valence-electron chi connectivity index (χ1n) is 10.1. The van der Waals surface area contributed by atoms with Gasteiger partial charge < -0.3 is 9.72 Å². The molecule has 0 spiro atoms. The van der Waals surface area contributed by atoms with Crippen LogP contribution in [-0.2, 0) is 6.54 Å². The van der Waals surface area contributed by atoms with Crippen molar-refractivity contribution in [3.05, 3.63) is 82.4 Å². The maximum absolute atomic E-state index is 13.3. The lowest BCUT2D eigenvalue weighted by Crippen LogP contribution is -2.31. The maximum Gasteiger partial charge on any atom is 0.350 e. The van der Waals surface area contributed by atoms with E-state index in [2.05, 4.69) is 17.2 Å². The van der Waals surface area contributed by atoms with Gasteiger partial charge in [-0.15, -0.1) is 0 Å². The zero-order valence-corrected chi connectivity index (χ0v) is 16.5. The number of aromatic nitrogens is 5. The number of nitrogens with zero attached hydrogens (tertiary/aromatic N) is 5. The van der Waals surface area contributed by atoms with Crippen molar-refractivity contribution >= 4 is 5.65 Å². The van der Waals surface area contributed by atoms with Crippen molar-refractivity contribution in [1.82, 2.24) is 29.0 Å². The van der Waals surface area contributed by atoms with E-state index in [1.165, 1.54) is 5.56 Å². The number of piperidine rings is 1. The van der Waals surface area contributed by atoms with Gasteiger partial charge in [0.05, 0.1) is 17.9 Å². The van der Waals surface area contributed by atoms with Gasteiger partial charge in [0.25, 0.3) is 0 Å². The molecule has 29 heavy (non-hydrogen) atoms. The summed E-state index contributed by atoms with van der Waals surface area (Å²) in [5.41, 5.74) is 3.60. The first kappa shape index (κ1) is 17.9. The molecule has 1 fully saturated rings. The molecule has 5 rings (SSSR count). The van der Waals surface area contributed by atoms with Crippen molar-refractivity contribution in [2.24, 2.45) is 0 Å². The zero-order chi connectivity index (χ0) is 19.8. The van der Waals surface area contributed by atoms with Crippen molar-refractivity contribution in [1.29, 1.82) is 0 Å². The predicted molar refractivity (Wildman–Crippen MR) is 112 cm³/mol. The number of nitrogens with one attached hydrogen (secondary N) is 1. The number of pyridine rings is 1. The molecule has 1 saturated heterocycles. The molecule has 0 bridgehead atoms. The van der Waals surface area contributed by atoms with Gasteiger partial charge in [-0.05, 0) is 50.1 Å². The maximum atomic E-state index is 13.3. The molecule has 1 aromatic carbocycles. The lowest BCUT2D eigenvalue weighted by molar-refractivity contribution is 0.439. The van der Waals surface area contributed by atoms with Crippen LogP contribution in [0, 0.1) is 6.92 Å². The van der Waals surface area contributed by atoms with Crippen LogP contribution in [0.3, 0.4) is 0 Å².